The molecule has 2 aromatic heterocycles. The van der Waals surface area contributed by atoms with Gasteiger partial charge in [-0.1, -0.05) is 12.1 Å². The molecule has 0 bridgehead atoms. The van der Waals surface area contributed by atoms with Gasteiger partial charge >= 0.3 is 23.2 Å². The fourth-order valence-electron chi connectivity index (χ4n) is 1.70. The van der Waals surface area contributed by atoms with E-state index in [1.165, 1.54) is 0 Å². The van der Waals surface area contributed by atoms with E-state index in [-0.39, 0.29) is 17.1 Å². The Morgan fingerprint density at radius 1 is 0.864 bits per heavy atom. The third-order valence-electron chi connectivity index (χ3n) is 2.57. The number of benzene rings is 1. The number of fused-ring (bicyclic) bond motifs is 3. The first kappa shape index (κ1) is 18.3. The quantitative estimate of drug-likeness (QED) is 0.249. The van der Waals surface area contributed by atoms with Crippen molar-refractivity contribution in [3.05, 3.63) is 55.2 Å². The van der Waals surface area contributed by atoms with Crippen molar-refractivity contribution in [3.63, 3.8) is 0 Å². The Kier molecular flexibility index (Phi) is 6.20. The number of rotatable bonds is 0. The van der Waals surface area contributed by atoms with Gasteiger partial charge in [-0.3, -0.25) is 9.97 Å². The van der Waals surface area contributed by atoms with E-state index in [4.69, 9.17) is 0 Å². The summed E-state index contributed by atoms with van der Waals surface area (Å²) in [7, 11) is 0. The van der Waals surface area contributed by atoms with Crippen LogP contribution in [-0.4, -0.2) is 16.1 Å². The molecule has 0 aliphatic rings. The van der Waals surface area contributed by atoms with Crippen molar-refractivity contribution < 1.29 is 39.0 Å². The van der Waals surface area contributed by atoms with Gasteiger partial charge in [0, 0.05) is 23.2 Å². The normalized spacial score (nSPS) is 11.0. The van der Waals surface area contributed by atoms with Crippen molar-refractivity contribution in [2.75, 3.05) is 0 Å². The SMILES string of the molecule is F[C-](F)C(F)(F)F.[Cu+].c1cnc2c(c1)ccc1ncccc12. The maximum atomic E-state index is 10.4. The molecule has 0 saturated heterocycles. The van der Waals surface area contributed by atoms with Gasteiger partial charge in [-0.05, 0) is 24.3 Å². The minimum atomic E-state index is -5.42. The van der Waals surface area contributed by atoms with Crippen molar-refractivity contribution in [1.29, 1.82) is 0 Å². The molecule has 3 rings (SSSR count). The predicted molar refractivity (Wildman–Crippen MR) is 68.6 cm³/mol. The molecule has 0 radical (unpaired) electrons. The van der Waals surface area contributed by atoms with Crippen molar-refractivity contribution in [1.82, 2.24) is 9.97 Å². The number of halogens is 5. The van der Waals surface area contributed by atoms with Crippen LogP contribution >= 0.6 is 0 Å². The number of aromatic nitrogens is 2. The second kappa shape index (κ2) is 7.47. The maximum Gasteiger partial charge on any atom is 1.00 e. The largest absolute Gasteiger partial charge is 1.00 e. The molecule has 0 unspecified atom stereocenters. The summed E-state index contributed by atoms with van der Waals surface area (Å²) in [6.07, 6.45) is -5.31. The van der Waals surface area contributed by atoms with Crippen LogP contribution in [0.3, 0.4) is 0 Å². The number of alkyl halides is 3. The van der Waals surface area contributed by atoms with Crippen molar-refractivity contribution >= 4 is 21.8 Å². The molecular formula is C14H8CuF5N2. The number of hydrogen-bond donors (Lipinski definition) is 0. The molecule has 0 N–H and O–H groups in total. The van der Waals surface area contributed by atoms with Crippen molar-refractivity contribution in [2.45, 2.75) is 6.18 Å². The molecule has 2 heterocycles. The van der Waals surface area contributed by atoms with Gasteiger partial charge < -0.3 is 8.78 Å². The van der Waals surface area contributed by atoms with Crippen LogP contribution in [0, 0.1) is 6.43 Å². The second-order valence-electron chi connectivity index (χ2n) is 3.97. The Labute approximate surface area is 132 Å². The van der Waals surface area contributed by atoms with E-state index < -0.39 is 12.6 Å². The molecule has 0 saturated carbocycles. The van der Waals surface area contributed by atoms with Crippen LogP contribution in [0.25, 0.3) is 21.8 Å². The molecule has 0 spiro atoms. The van der Waals surface area contributed by atoms with Gasteiger partial charge in [0.1, 0.15) is 6.43 Å². The van der Waals surface area contributed by atoms with Gasteiger partial charge in [-0.25, -0.2) is 13.2 Å². The molecule has 1 aromatic carbocycles. The van der Waals surface area contributed by atoms with E-state index in [2.05, 4.69) is 28.2 Å². The summed E-state index contributed by atoms with van der Waals surface area (Å²) in [5.74, 6) is 0. The van der Waals surface area contributed by atoms with Crippen LogP contribution in [-0.2, 0) is 17.1 Å². The van der Waals surface area contributed by atoms with Gasteiger partial charge in [0.05, 0.1) is 11.0 Å². The number of hydrogen-bond acceptors (Lipinski definition) is 2. The van der Waals surface area contributed by atoms with E-state index in [0.29, 0.717) is 0 Å². The third-order valence-corrected chi connectivity index (χ3v) is 2.57. The van der Waals surface area contributed by atoms with Crippen molar-refractivity contribution in [3.8, 4) is 0 Å². The van der Waals surface area contributed by atoms with Gasteiger partial charge in [0.15, 0.2) is 0 Å². The monoisotopic (exact) mass is 362 g/mol. The van der Waals surface area contributed by atoms with E-state index in [9.17, 15) is 22.0 Å². The fourth-order valence-corrected chi connectivity index (χ4v) is 1.70. The number of nitrogens with zero attached hydrogens (tertiary/aromatic N) is 2. The Morgan fingerprint density at radius 3 is 2.09 bits per heavy atom. The summed E-state index contributed by atoms with van der Waals surface area (Å²) in [4.78, 5) is 8.66. The first-order valence-corrected chi connectivity index (χ1v) is 5.73. The summed E-state index contributed by atoms with van der Waals surface area (Å²) in [6, 6.07) is 12.1. The Bertz CT molecular complexity index is 691. The molecular weight excluding hydrogens is 355 g/mol. The molecule has 0 atom stereocenters. The van der Waals surface area contributed by atoms with Gasteiger partial charge in [0.2, 0.25) is 0 Å². The molecule has 8 heteroatoms. The van der Waals surface area contributed by atoms with Crippen molar-refractivity contribution in [2.24, 2.45) is 0 Å². The zero-order valence-electron chi connectivity index (χ0n) is 10.7. The standard InChI is InChI=1S/C12H8N2.C2F5.Cu/c1-3-9-5-6-11-10(4-2-7-13-11)12(9)14-8-1;3-1(4)2(5,6)7;/h1-8H;;/q;-1;+1. The van der Waals surface area contributed by atoms with Gasteiger partial charge in [-0.15, -0.1) is 0 Å². The molecule has 22 heavy (non-hydrogen) atoms. The molecule has 0 aliphatic heterocycles. The van der Waals surface area contributed by atoms with E-state index >= 15 is 0 Å². The molecule has 3 aromatic rings. The predicted octanol–water partition coefficient (Wildman–Crippen LogP) is 4.76. The topological polar surface area (TPSA) is 25.8 Å². The summed E-state index contributed by atoms with van der Waals surface area (Å²) in [6.45, 7) is 0. The molecule has 0 aliphatic carbocycles. The smallest absolute Gasteiger partial charge is 0.412 e. The third kappa shape index (κ3) is 4.35. The summed E-state index contributed by atoms with van der Waals surface area (Å²) >= 11 is 0. The first-order chi connectivity index (χ1) is 9.89. The summed E-state index contributed by atoms with van der Waals surface area (Å²) in [5, 5.41) is 2.28. The maximum absolute atomic E-state index is 10.4. The Morgan fingerprint density at radius 2 is 1.45 bits per heavy atom. The van der Waals surface area contributed by atoms with E-state index in [0.717, 1.165) is 21.8 Å². The fraction of sp³-hybridized carbons (Fsp3) is 0.0714. The average molecular weight is 363 g/mol. The second-order valence-corrected chi connectivity index (χ2v) is 3.97. The summed E-state index contributed by atoms with van der Waals surface area (Å²) in [5.41, 5.74) is 2.02. The van der Waals surface area contributed by atoms with Crippen LogP contribution in [0.1, 0.15) is 0 Å². The zero-order chi connectivity index (χ0) is 15.5. The van der Waals surface area contributed by atoms with Gasteiger partial charge in [-0.2, -0.15) is 0 Å². The molecule has 2 nitrogen and oxygen atoms in total. The average Bonchev–Trinajstić information content (AvgIpc) is 2.47. The minimum absolute atomic E-state index is 0. The van der Waals surface area contributed by atoms with Crippen LogP contribution < -0.4 is 0 Å². The first-order valence-electron chi connectivity index (χ1n) is 5.73. The van der Waals surface area contributed by atoms with Crippen LogP contribution in [0.2, 0.25) is 0 Å². The zero-order valence-corrected chi connectivity index (χ0v) is 11.6. The van der Waals surface area contributed by atoms with Crippen LogP contribution in [0.15, 0.2) is 48.8 Å². The molecule has 0 fully saturated rings. The Balaban J connectivity index is 0.000000264. The summed E-state index contributed by atoms with van der Waals surface area (Å²) < 4.78 is 51.8. The van der Waals surface area contributed by atoms with Gasteiger partial charge in [0.25, 0.3) is 0 Å². The Hall–Kier alpha value is -1.79. The van der Waals surface area contributed by atoms with Crippen LogP contribution in [0.5, 0.6) is 0 Å². The van der Waals surface area contributed by atoms with E-state index in [1.807, 2.05) is 24.4 Å². The molecule has 0 amide bonds. The van der Waals surface area contributed by atoms with Crippen LogP contribution in [0.4, 0.5) is 22.0 Å². The minimum Gasteiger partial charge on any atom is -0.412 e. The molecule has 120 valence electrons. The number of pyridine rings is 2. The van der Waals surface area contributed by atoms with E-state index in [1.54, 1.807) is 6.20 Å².